The Balaban J connectivity index is 1.74. The molecule has 0 bridgehead atoms. The van der Waals surface area contributed by atoms with Gasteiger partial charge in [-0.3, -0.25) is 4.99 Å². The number of benzene rings is 2. The van der Waals surface area contributed by atoms with Gasteiger partial charge in [-0.15, -0.1) is 0 Å². The van der Waals surface area contributed by atoms with Crippen LogP contribution in [0.4, 0.5) is 0 Å². The summed E-state index contributed by atoms with van der Waals surface area (Å²) in [6.07, 6.45) is 3.79. The lowest BCUT2D eigenvalue weighted by molar-refractivity contribution is -0.144. The fourth-order valence-electron chi connectivity index (χ4n) is 2.54. The Morgan fingerprint density at radius 3 is 2.58 bits per heavy atom. The number of hydrogen-bond acceptors (Lipinski definition) is 5. The molecule has 0 amide bonds. The largest absolute Gasteiger partial charge is 0.464 e. The number of carbonyl (C=O) groups is 1. The van der Waals surface area contributed by atoms with E-state index in [2.05, 4.69) is 10.1 Å². The lowest BCUT2D eigenvalue weighted by atomic mass is 10.0. The third-order valence-corrected chi connectivity index (χ3v) is 3.87. The van der Waals surface area contributed by atoms with Gasteiger partial charge in [0.2, 0.25) is 0 Å². The first-order valence-corrected chi connectivity index (χ1v) is 8.51. The smallest absolute Gasteiger partial charge is 0.331 e. The molecule has 0 N–H and O–H groups in total. The Morgan fingerprint density at radius 2 is 1.92 bits per heavy atom. The van der Waals surface area contributed by atoms with Gasteiger partial charge in [-0.1, -0.05) is 59.8 Å². The van der Waals surface area contributed by atoms with E-state index in [1.165, 1.54) is 0 Å². The zero-order chi connectivity index (χ0) is 18.2. The fourth-order valence-corrected chi connectivity index (χ4v) is 2.54. The van der Waals surface area contributed by atoms with Crippen molar-refractivity contribution >= 4 is 12.2 Å². The van der Waals surface area contributed by atoms with Crippen LogP contribution in [0.2, 0.25) is 0 Å². The van der Waals surface area contributed by atoms with Crippen LogP contribution in [0.1, 0.15) is 18.1 Å². The number of nitrogens with zero attached hydrogens (tertiary/aromatic N) is 2. The highest BCUT2D eigenvalue weighted by Gasteiger charge is 2.19. The Kier molecular flexibility index (Phi) is 5.93. The molecular formula is C21H20N2O3. The van der Waals surface area contributed by atoms with Crippen LogP contribution >= 0.6 is 0 Å². The summed E-state index contributed by atoms with van der Waals surface area (Å²) in [6.45, 7) is 2.13. The molecule has 3 aromatic rings. The predicted molar refractivity (Wildman–Crippen MR) is 100 cm³/mol. The molecule has 132 valence electrons. The molecule has 1 aromatic heterocycles. The number of esters is 1. The molecule has 1 atom stereocenters. The molecule has 0 fully saturated rings. The SMILES string of the molecule is CCOC(=O)C(Cc1ccc(-c2ccno2)cc1)N=Cc1ccccc1. The van der Waals surface area contributed by atoms with Gasteiger partial charge in [0.1, 0.15) is 0 Å². The van der Waals surface area contributed by atoms with E-state index in [4.69, 9.17) is 9.26 Å². The summed E-state index contributed by atoms with van der Waals surface area (Å²) in [6, 6.07) is 18.7. The summed E-state index contributed by atoms with van der Waals surface area (Å²) in [5.74, 6) is 0.389. The van der Waals surface area contributed by atoms with Crippen LogP contribution < -0.4 is 0 Å². The average molecular weight is 348 g/mol. The second-order valence-electron chi connectivity index (χ2n) is 5.73. The third-order valence-electron chi connectivity index (χ3n) is 3.87. The standard InChI is InChI=1S/C21H20N2O3/c1-2-25-21(24)19(22-15-17-6-4-3-5-7-17)14-16-8-10-18(11-9-16)20-12-13-23-26-20/h3-13,15,19H,2,14H2,1H3. The lowest BCUT2D eigenvalue weighted by Crippen LogP contribution is -2.24. The Hall–Kier alpha value is -3.21. The maximum Gasteiger partial charge on any atom is 0.331 e. The summed E-state index contributed by atoms with van der Waals surface area (Å²) in [5.41, 5.74) is 2.88. The number of aromatic nitrogens is 1. The van der Waals surface area contributed by atoms with E-state index < -0.39 is 6.04 Å². The Morgan fingerprint density at radius 1 is 1.15 bits per heavy atom. The van der Waals surface area contributed by atoms with Crippen LogP contribution in [-0.4, -0.2) is 30.0 Å². The van der Waals surface area contributed by atoms with Gasteiger partial charge in [-0.25, -0.2) is 4.79 Å². The minimum atomic E-state index is -0.578. The molecule has 5 nitrogen and oxygen atoms in total. The van der Waals surface area contributed by atoms with E-state index >= 15 is 0 Å². The van der Waals surface area contributed by atoms with E-state index in [1.54, 1.807) is 25.4 Å². The third kappa shape index (κ3) is 4.66. The van der Waals surface area contributed by atoms with Crippen molar-refractivity contribution in [2.24, 2.45) is 4.99 Å². The predicted octanol–water partition coefficient (Wildman–Crippen LogP) is 3.93. The van der Waals surface area contributed by atoms with Gasteiger partial charge in [0.25, 0.3) is 0 Å². The van der Waals surface area contributed by atoms with Crippen LogP contribution in [0.5, 0.6) is 0 Å². The van der Waals surface area contributed by atoms with Gasteiger partial charge in [-0.2, -0.15) is 0 Å². The molecule has 0 saturated carbocycles. The highest BCUT2D eigenvalue weighted by molar-refractivity contribution is 5.84. The van der Waals surface area contributed by atoms with Crippen molar-refractivity contribution in [2.45, 2.75) is 19.4 Å². The molecule has 2 aromatic carbocycles. The highest BCUT2D eigenvalue weighted by atomic mass is 16.5. The van der Waals surface area contributed by atoms with Crippen molar-refractivity contribution in [3.8, 4) is 11.3 Å². The zero-order valence-electron chi connectivity index (χ0n) is 14.5. The molecule has 0 aliphatic rings. The monoisotopic (exact) mass is 348 g/mol. The van der Waals surface area contributed by atoms with Crippen molar-refractivity contribution in [2.75, 3.05) is 6.61 Å². The topological polar surface area (TPSA) is 64.7 Å². The summed E-state index contributed by atoms with van der Waals surface area (Å²) in [7, 11) is 0. The first-order chi connectivity index (χ1) is 12.8. The van der Waals surface area contributed by atoms with Crippen LogP contribution in [-0.2, 0) is 16.0 Å². The second-order valence-corrected chi connectivity index (χ2v) is 5.73. The molecule has 0 aliphatic carbocycles. The van der Waals surface area contributed by atoms with Crippen LogP contribution in [0.3, 0.4) is 0 Å². The van der Waals surface area contributed by atoms with Gasteiger partial charge in [-0.05, 0) is 18.1 Å². The van der Waals surface area contributed by atoms with Gasteiger partial charge in [0, 0.05) is 24.3 Å². The summed E-state index contributed by atoms with van der Waals surface area (Å²) >= 11 is 0. The van der Waals surface area contributed by atoms with E-state index in [1.807, 2.05) is 54.6 Å². The van der Waals surface area contributed by atoms with Crippen molar-refractivity contribution < 1.29 is 14.1 Å². The van der Waals surface area contributed by atoms with Crippen molar-refractivity contribution in [1.29, 1.82) is 0 Å². The van der Waals surface area contributed by atoms with Crippen LogP contribution in [0.25, 0.3) is 11.3 Å². The van der Waals surface area contributed by atoms with Crippen molar-refractivity contribution in [3.63, 3.8) is 0 Å². The van der Waals surface area contributed by atoms with Crippen LogP contribution in [0.15, 0.2) is 76.4 Å². The van der Waals surface area contributed by atoms with E-state index in [-0.39, 0.29) is 5.97 Å². The zero-order valence-corrected chi connectivity index (χ0v) is 14.5. The number of carbonyl (C=O) groups excluding carboxylic acids is 1. The highest BCUT2D eigenvalue weighted by Crippen LogP contribution is 2.20. The number of hydrogen-bond donors (Lipinski definition) is 0. The molecule has 5 heteroatoms. The van der Waals surface area contributed by atoms with Crippen molar-refractivity contribution in [1.82, 2.24) is 5.16 Å². The number of ether oxygens (including phenoxy) is 1. The molecule has 26 heavy (non-hydrogen) atoms. The molecule has 0 saturated heterocycles. The fraction of sp³-hybridized carbons (Fsp3) is 0.190. The van der Waals surface area contributed by atoms with Gasteiger partial charge < -0.3 is 9.26 Å². The number of aliphatic imine (C=N–C) groups is 1. The molecule has 3 rings (SSSR count). The quantitative estimate of drug-likeness (QED) is 0.479. The summed E-state index contributed by atoms with van der Waals surface area (Å²) in [4.78, 5) is 16.7. The first kappa shape index (κ1) is 17.6. The number of rotatable bonds is 7. The Bertz CT molecular complexity index is 841. The maximum atomic E-state index is 12.3. The summed E-state index contributed by atoms with van der Waals surface area (Å²) < 4.78 is 10.3. The van der Waals surface area contributed by atoms with E-state index in [0.29, 0.717) is 18.8 Å². The average Bonchev–Trinajstić information content (AvgIpc) is 3.21. The second kappa shape index (κ2) is 8.76. The molecule has 1 unspecified atom stereocenters. The van der Waals surface area contributed by atoms with Crippen molar-refractivity contribution in [3.05, 3.63) is 78.0 Å². The minimum Gasteiger partial charge on any atom is -0.464 e. The molecule has 1 heterocycles. The Labute approximate surface area is 152 Å². The summed E-state index contributed by atoms with van der Waals surface area (Å²) in [5, 5.41) is 3.71. The normalized spacial score (nSPS) is 12.2. The minimum absolute atomic E-state index is 0.320. The molecular weight excluding hydrogens is 328 g/mol. The lowest BCUT2D eigenvalue weighted by Gasteiger charge is -2.12. The molecule has 0 spiro atoms. The van der Waals surface area contributed by atoms with E-state index in [0.717, 1.165) is 16.7 Å². The van der Waals surface area contributed by atoms with Gasteiger partial charge in [0.15, 0.2) is 11.8 Å². The first-order valence-electron chi connectivity index (χ1n) is 8.51. The molecule has 0 aliphatic heterocycles. The van der Waals surface area contributed by atoms with Gasteiger partial charge in [0.05, 0.1) is 12.8 Å². The van der Waals surface area contributed by atoms with Gasteiger partial charge >= 0.3 is 5.97 Å². The maximum absolute atomic E-state index is 12.3. The van der Waals surface area contributed by atoms with E-state index in [9.17, 15) is 4.79 Å². The molecule has 0 radical (unpaired) electrons. The van der Waals surface area contributed by atoms with Crippen LogP contribution in [0, 0.1) is 0 Å².